The number of nitrogens with zero attached hydrogens (tertiary/aromatic N) is 2. The average molecular weight is 194 g/mol. The second kappa shape index (κ2) is 3.30. The van der Waals surface area contributed by atoms with Crippen LogP contribution in [-0.2, 0) is 0 Å². The molecule has 0 radical (unpaired) electrons. The summed E-state index contributed by atoms with van der Waals surface area (Å²) in [7, 11) is 0. The minimum Gasteiger partial charge on any atom is -0.334 e. The number of rotatable bonds is 2. The molecule has 0 aliphatic heterocycles. The second-order valence-electron chi connectivity index (χ2n) is 3.12. The zero-order valence-electron chi connectivity index (χ0n) is 7.52. The summed E-state index contributed by atoms with van der Waals surface area (Å²) in [5.41, 5.74) is 1.00. The minimum absolute atomic E-state index is 0.316. The molecule has 4 heteroatoms. The van der Waals surface area contributed by atoms with E-state index in [0.29, 0.717) is 11.8 Å². The third kappa shape index (κ3) is 1.62. The van der Waals surface area contributed by atoms with Crippen LogP contribution in [0.4, 0.5) is 0 Å². The Morgan fingerprint density at radius 3 is 2.85 bits per heavy atom. The van der Waals surface area contributed by atoms with Crippen molar-refractivity contribution < 1.29 is 4.52 Å². The third-order valence-electron chi connectivity index (χ3n) is 1.73. The molecule has 0 amide bonds. The summed E-state index contributed by atoms with van der Waals surface area (Å²) in [4.78, 5) is 4.28. The van der Waals surface area contributed by atoms with Gasteiger partial charge in [0.1, 0.15) is 0 Å². The molecular formula is C9H10N2OS. The van der Waals surface area contributed by atoms with Crippen molar-refractivity contribution in [3.8, 4) is 11.5 Å². The van der Waals surface area contributed by atoms with Crippen molar-refractivity contribution in [2.45, 2.75) is 19.8 Å². The lowest BCUT2D eigenvalue weighted by Gasteiger charge is -1.91. The molecule has 2 rings (SSSR count). The van der Waals surface area contributed by atoms with Gasteiger partial charge in [-0.2, -0.15) is 16.3 Å². The first-order valence-electron chi connectivity index (χ1n) is 4.13. The highest BCUT2D eigenvalue weighted by Crippen LogP contribution is 2.21. The van der Waals surface area contributed by atoms with Crippen LogP contribution in [0, 0.1) is 0 Å². The van der Waals surface area contributed by atoms with Crippen LogP contribution < -0.4 is 0 Å². The van der Waals surface area contributed by atoms with Gasteiger partial charge in [0.2, 0.25) is 0 Å². The average Bonchev–Trinajstić information content (AvgIpc) is 2.75. The zero-order chi connectivity index (χ0) is 9.26. The fourth-order valence-corrected chi connectivity index (χ4v) is 1.60. The number of thiophene rings is 1. The van der Waals surface area contributed by atoms with Crippen molar-refractivity contribution in [3.63, 3.8) is 0 Å². The summed E-state index contributed by atoms with van der Waals surface area (Å²) in [5, 5.41) is 7.88. The van der Waals surface area contributed by atoms with Crippen molar-refractivity contribution in [2.75, 3.05) is 0 Å². The van der Waals surface area contributed by atoms with E-state index in [1.807, 2.05) is 30.7 Å². The van der Waals surface area contributed by atoms with Crippen molar-refractivity contribution >= 4 is 11.3 Å². The van der Waals surface area contributed by atoms with Gasteiger partial charge in [0.15, 0.2) is 5.82 Å². The van der Waals surface area contributed by atoms with E-state index in [-0.39, 0.29) is 0 Å². The summed E-state index contributed by atoms with van der Waals surface area (Å²) in [6.07, 6.45) is 0. The van der Waals surface area contributed by atoms with Crippen molar-refractivity contribution in [1.29, 1.82) is 0 Å². The van der Waals surface area contributed by atoms with E-state index < -0.39 is 0 Å². The van der Waals surface area contributed by atoms with Crippen LogP contribution >= 0.6 is 11.3 Å². The lowest BCUT2D eigenvalue weighted by molar-refractivity contribution is 0.419. The monoisotopic (exact) mass is 194 g/mol. The highest BCUT2D eigenvalue weighted by Gasteiger charge is 2.10. The second-order valence-corrected chi connectivity index (χ2v) is 3.90. The van der Waals surface area contributed by atoms with Gasteiger partial charge < -0.3 is 4.52 Å². The van der Waals surface area contributed by atoms with E-state index in [1.165, 1.54) is 0 Å². The summed E-state index contributed by atoms with van der Waals surface area (Å²) in [5.74, 6) is 1.70. The maximum atomic E-state index is 5.12. The molecule has 0 unspecified atom stereocenters. The Morgan fingerprint density at radius 1 is 1.46 bits per heavy atom. The summed E-state index contributed by atoms with van der Waals surface area (Å²) in [6.45, 7) is 4.09. The quantitative estimate of drug-likeness (QED) is 0.737. The van der Waals surface area contributed by atoms with Gasteiger partial charge in [-0.25, -0.2) is 0 Å². The largest absolute Gasteiger partial charge is 0.334 e. The van der Waals surface area contributed by atoms with Gasteiger partial charge in [-0.15, -0.1) is 0 Å². The van der Waals surface area contributed by atoms with Crippen LogP contribution in [0.1, 0.15) is 25.6 Å². The lowest BCUT2D eigenvalue weighted by Crippen LogP contribution is -1.88. The van der Waals surface area contributed by atoms with Crippen molar-refractivity contribution in [2.24, 2.45) is 0 Å². The van der Waals surface area contributed by atoms with Crippen LogP contribution in [0.5, 0.6) is 0 Å². The predicted octanol–water partition coefficient (Wildman–Crippen LogP) is 2.92. The predicted molar refractivity (Wildman–Crippen MR) is 51.7 cm³/mol. The van der Waals surface area contributed by atoms with E-state index in [1.54, 1.807) is 11.3 Å². The Balaban J connectivity index is 2.33. The van der Waals surface area contributed by atoms with E-state index in [2.05, 4.69) is 10.1 Å². The number of hydrogen-bond donors (Lipinski definition) is 0. The summed E-state index contributed by atoms with van der Waals surface area (Å²) in [6, 6.07) is 1.97. The van der Waals surface area contributed by atoms with Gasteiger partial charge in [0.25, 0.3) is 5.89 Å². The van der Waals surface area contributed by atoms with Crippen molar-refractivity contribution in [1.82, 2.24) is 10.1 Å². The minimum atomic E-state index is 0.316. The Morgan fingerprint density at radius 2 is 2.31 bits per heavy atom. The molecular weight excluding hydrogens is 184 g/mol. The Bertz CT molecular complexity index is 378. The molecule has 68 valence electrons. The fraction of sp³-hybridized carbons (Fsp3) is 0.333. The van der Waals surface area contributed by atoms with Gasteiger partial charge in [0, 0.05) is 11.3 Å². The third-order valence-corrected chi connectivity index (χ3v) is 2.41. The van der Waals surface area contributed by atoms with Gasteiger partial charge >= 0.3 is 0 Å². The van der Waals surface area contributed by atoms with Crippen LogP contribution in [-0.4, -0.2) is 10.1 Å². The molecule has 3 nitrogen and oxygen atoms in total. The van der Waals surface area contributed by atoms with E-state index in [9.17, 15) is 0 Å². The molecule has 0 fully saturated rings. The molecule has 0 aromatic carbocycles. The van der Waals surface area contributed by atoms with Gasteiger partial charge in [-0.3, -0.25) is 0 Å². The molecule has 0 spiro atoms. The molecule has 13 heavy (non-hydrogen) atoms. The SMILES string of the molecule is CC(C)c1noc(-c2ccsc2)n1. The van der Waals surface area contributed by atoms with Gasteiger partial charge in [-0.1, -0.05) is 19.0 Å². The molecule has 2 heterocycles. The van der Waals surface area contributed by atoms with E-state index in [0.717, 1.165) is 11.4 Å². The molecule has 2 aromatic heterocycles. The highest BCUT2D eigenvalue weighted by atomic mass is 32.1. The van der Waals surface area contributed by atoms with Crippen LogP contribution in [0.2, 0.25) is 0 Å². The summed E-state index contributed by atoms with van der Waals surface area (Å²) < 4.78 is 5.12. The fourth-order valence-electron chi connectivity index (χ4n) is 0.973. The first-order chi connectivity index (χ1) is 6.27. The molecule has 0 aliphatic carbocycles. The van der Waals surface area contributed by atoms with Crippen LogP contribution in [0.15, 0.2) is 21.3 Å². The summed E-state index contributed by atoms with van der Waals surface area (Å²) >= 11 is 1.62. The van der Waals surface area contributed by atoms with E-state index >= 15 is 0 Å². The Labute approximate surface area is 80.4 Å². The molecule has 0 N–H and O–H groups in total. The lowest BCUT2D eigenvalue weighted by atomic mass is 10.2. The molecule has 0 aliphatic rings. The Kier molecular flexibility index (Phi) is 2.14. The molecule has 0 saturated carbocycles. The highest BCUT2D eigenvalue weighted by molar-refractivity contribution is 7.08. The van der Waals surface area contributed by atoms with Gasteiger partial charge in [0.05, 0.1) is 5.56 Å². The maximum Gasteiger partial charge on any atom is 0.258 e. The van der Waals surface area contributed by atoms with Gasteiger partial charge in [-0.05, 0) is 11.4 Å². The molecule has 0 saturated heterocycles. The normalized spacial score (nSPS) is 11.0. The van der Waals surface area contributed by atoms with Crippen LogP contribution in [0.25, 0.3) is 11.5 Å². The first-order valence-corrected chi connectivity index (χ1v) is 5.08. The molecule has 0 atom stereocenters. The zero-order valence-corrected chi connectivity index (χ0v) is 8.34. The van der Waals surface area contributed by atoms with E-state index in [4.69, 9.17) is 4.52 Å². The smallest absolute Gasteiger partial charge is 0.258 e. The van der Waals surface area contributed by atoms with Crippen LogP contribution in [0.3, 0.4) is 0 Å². The molecule has 0 bridgehead atoms. The maximum absolute atomic E-state index is 5.12. The number of hydrogen-bond acceptors (Lipinski definition) is 4. The number of aromatic nitrogens is 2. The Hall–Kier alpha value is -1.16. The topological polar surface area (TPSA) is 38.9 Å². The van der Waals surface area contributed by atoms with Crippen molar-refractivity contribution in [3.05, 3.63) is 22.7 Å². The standard InChI is InChI=1S/C9H10N2OS/c1-6(2)8-10-9(12-11-8)7-3-4-13-5-7/h3-6H,1-2H3. The molecule has 2 aromatic rings. The first kappa shape index (κ1) is 8.44.